The van der Waals surface area contributed by atoms with Crippen LogP contribution in [0.4, 0.5) is 5.95 Å². The Hall–Kier alpha value is -4.92. The lowest BCUT2D eigenvalue weighted by atomic mass is 9.87. The molecule has 184 valence electrons. The SMILES string of the molecule is Cn1c(N2CCc3cc(C(=O)O)ccc3[C@@H]2c2ccccc2)nc(-c2nc3ccccc3o2)c(O)c1=O. The van der Waals surface area contributed by atoms with Crippen molar-refractivity contribution in [2.45, 2.75) is 12.5 Å². The molecular formula is C28H22N4O5. The molecule has 5 aromatic rings. The van der Waals surface area contributed by atoms with Crippen LogP contribution in [0.2, 0.25) is 0 Å². The van der Waals surface area contributed by atoms with Crippen LogP contribution >= 0.6 is 0 Å². The van der Waals surface area contributed by atoms with E-state index in [0.717, 1.165) is 16.7 Å². The van der Waals surface area contributed by atoms with Gasteiger partial charge in [0.05, 0.1) is 11.6 Å². The van der Waals surface area contributed by atoms with Crippen LogP contribution in [0.15, 0.2) is 82.0 Å². The van der Waals surface area contributed by atoms with Crippen LogP contribution < -0.4 is 10.5 Å². The molecule has 3 aromatic carbocycles. The number of carboxylic acids is 1. The number of rotatable bonds is 4. The van der Waals surface area contributed by atoms with Crippen molar-refractivity contribution in [2.24, 2.45) is 7.05 Å². The zero-order valence-corrected chi connectivity index (χ0v) is 19.8. The average Bonchev–Trinajstić information content (AvgIpc) is 3.35. The van der Waals surface area contributed by atoms with Gasteiger partial charge in [0.2, 0.25) is 11.7 Å². The Morgan fingerprint density at radius 3 is 2.54 bits per heavy atom. The van der Waals surface area contributed by atoms with Crippen LogP contribution in [0, 0.1) is 0 Å². The summed E-state index contributed by atoms with van der Waals surface area (Å²) in [5.74, 6) is -1.14. The number of hydrogen-bond donors (Lipinski definition) is 2. The first-order valence-electron chi connectivity index (χ1n) is 11.8. The van der Waals surface area contributed by atoms with E-state index < -0.39 is 17.3 Å². The number of nitrogens with zero attached hydrogens (tertiary/aromatic N) is 4. The van der Waals surface area contributed by atoms with Crippen LogP contribution in [0.3, 0.4) is 0 Å². The predicted octanol–water partition coefficient (Wildman–Crippen LogP) is 4.14. The van der Waals surface area contributed by atoms with Crippen molar-refractivity contribution < 1.29 is 19.4 Å². The van der Waals surface area contributed by atoms with Gasteiger partial charge in [-0.3, -0.25) is 9.36 Å². The Bertz CT molecular complexity index is 1690. The van der Waals surface area contributed by atoms with Gasteiger partial charge in [0.1, 0.15) is 5.52 Å². The summed E-state index contributed by atoms with van der Waals surface area (Å²) >= 11 is 0. The first-order valence-corrected chi connectivity index (χ1v) is 11.8. The van der Waals surface area contributed by atoms with Crippen LogP contribution in [0.1, 0.15) is 33.1 Å². The number of aromatic carboxylic acids is 1. The fourth-order valence-corrected chi connectivity index (χ4v) is 4.93. The molecule has 0 saturated carbocycles. The Kier molecular flexibility index (Phi) is 5.26. The molecule has 9 heteroatoms. The highest BCUT2D eigenvalue weighted by Gasteiger charge is 2.33. The normalized spacial score (nSPS) is 15.1. The quantitative estimate of drug-likeness (QED) is 0.382. The number of para-hydroxylation sites is 2. The van der Waals surface area contributed by atoms with Gasteiger partial charge in [-0.05, 0) is 47.4 Å². The van der Waals surface area contributed by atoms with E-state index >= 15 is 0 Å². The maximum atomic E-state index is 13.2. The van der Waals surface area contributed by atoms with Crippen LogP contribution in [0.5, 0.6) is 5.75 Å². The molecule has 0 aliphatic carbocycles. The Morgan fingerprint density at radius 2 is 1.78 bits per heavy atom. The Morgan fingerprint density at radius 1 is 1.03 bits per heavy atom. The highest BCUT2D eigenvalue weighted by Crippen LogP contribution is 2.39. The predicted molar refractivity (Wildman–Crippen MR) is 137 cm³/mol. The summed E-state index contributed by atoms with van der Waals surface area (Å²) in [6.45, 7) is 0.466. The Balaban J connectivity index is 1.54. The zero-order chi connectivity index (χ0) is 25.7. The second-order valence-electron chi connectivity index (χ2n) is 8.94. The number of fused-ring (bicyclic) bond motifs is 2. The van der Waals surface area contributed by atoms with E-state index in [-0.39, 0.29) is 23.2 Å². The van der Waals surface area contributed by atoms with E-state index in [9.17, 15) is 19.8 Å². The molecule has 1 aliphatic heterocycles. The van der Waals surface area contributed by atoms with Gasteiger partial charge in [0, 0.05) is 13.6 Å². The first-order chi connectivity index (χ1) is 17.9. The fraction of sp³-hybridized carbons (Fsp3) is 0.143. The van der Waals surface area contributed by atoms with Crippen molar-refractivity contribution >= 4 is 23.0 Å². The third-order valence-corrected chi connectivity index (χ3v) is 6.73. The van der Waals surface area contributed by atoms with Gasteiger partial charge in [0.25, 0.3) is 11.4 Å². The summed E-state index contributed by atoms with van der Waals surface area (Å²) in [4.78, 5) is 35.9. The topological polar surface area (TPSA) is 122 Å². The molecule has 9 nitrogen and oxygen atoms in total. The highest BCUT2D eigenvalue weighted by molar-refractivity contribution is 5.88. The monoisotopic (exact) mass is 494 g/mol. The second kappa shape index (κ2) is 8.63. The number of aromatic hydroxyl groups is 1. The third kappa shape index (κ3) is 3.72. The van der Waals surface area contributed by atoms with Crippen LogP contribution in [-0.2, 0) is 13.5 Å². The van der Waals surface area contributed by atoms with Gasteiger partial charge in [-0.25, -0.2) is 14.8 Å². The highest BCUT2D eigenvalue weighted by atomic mass is 16.4. The maximum Gasteiger partial charge on any atom is 0.335 e. The van der Waals surface area contributed by atoms with Crippen LogP contribution in [-0.4, -0.2) is 37.3 Å². The summed E-state index contributed by atoms with van der Waals surface area (Å²) in [5.41, 5.74) is 3.48. The molecule has 0 spiro atoms. The minimum atomic E-state index is -0.980. The standard InChI is InChI=1S/C28H22N4O5/c1-31-26(34)24(33)22(25-29-20-9-5-6-10-21(20)37-25)30-28(31)32-14-13-17-15-18(27(35)36)11-12-19(17)23(32)16-7-3-2-4-8-16/h2-12,15,23,33H,13-14H2,1H3,(H,35,36)/t23-/m0/s1. The summed E-state index contributed by atoms with van der Waals surface area (Å²) < 4.78 is 7.13. The Labute approximate surface area is 210 Å². The molecule has 6 rings (SSSR count). The van der Waals surface area contributed by atoms with Crippen molar-refractivity contribution in [1.29, 1.82) is 0 Å². The first kappa shape index (κ1) is 22.5. The molecule has 0 bridgehead atoms. The number of benzene rings is 3. The molecule has 0 unspecified atom stereocenters. The molecule has 0 fully saturated rings. The third-order valence-electron chi connectivity index (χ3n) is 6.73. The lowest BCUT2D eigenvalue weighted by Gasteiger charge is -2.39. The van der Waals surface area contributed by atoms with Crippen LogP contribution in [0.25, 0.3) is 22.7 Å². The number of carbonyl (C=O) groups is 1. The zero-order valence-electron chi connectivity index (χ0n) is 19.8. The van der Waals surface area contributed by atoms with Gasteiger partial charge >= 0.3 is 5.97 Å². The number of carboxylic acid groups (broad SMARTS) is 1. The van der Waals surface area contributed by atoms with Crippen molar-refractivity contribution in [3.63, 3.8) is 0 Å². The number of hydrogen-bond acceptors (Lipinski definition) is 7. The van der Waals surface area contributed by atoms with E-state index in [1.165, 1.54) is 4.57 Å². The summed E-state index contributed by atoms with van der Waals surface area (Å²) in [7, 11) is 1.56. The van der Waals surface area contributed by atoms with Crippen molar-refractivity contribution in [2.75, 3.05) is 11.4 Å². The van der Waals surface area contributed by atoms with E-state index in [0.29, 0.717) is 30.0 Å². The van der Waals surface area contributed by atoms with Crippen molar-refractivity contribution in [3.05, 3.63) is 105 Å². The van der Waals surface area contributed by atoms with E-state index in [4.69, 9.17) is 9.40 Å². The maximum absolute atomic E-state index is 13.2. The van der Waals surface area contributed by atoms with Gasteiger partial charge < -0.3 is 19.5 Å². The molecule has 1 aliphatic rings. The molecule has 37 heavy (non-hydrogen) atoms. The van der Waals surface area contributed by atoms with E-state index in [1.54, 1.807) is 31.3 Å². The average molecular weight is 495 g/mol. The lowest BCUT2D eigenvalue weighted by Crippen LogP contribution is -2.40. The molecule has 0 amide bonds. The largest absolute Gasteiger partial charge is 0.501 e. The van der Waals surface area contributed by atoms with Crippen molar-refractivity contribution in [3.8, 4) is 17.3 Å². The van der Waals surface area contributed by atoms with Gasteiger partial charge in [-0.2, -0.15) is 0 Å². The molecule has 2 N–H and O–H groups in total. The molecular weight excluding hydrogens is 472 g/mol. The number of oxazole rings is 1. The minimum absolute atomic E-state index is 0.0341. The molecule has 0 saturated heterocycles. The fourth-order valence-electron chi connectivity index (χ4n) is 4.93. The summed E-state index contributed by atoms with van der Waals surface area (Å²) in [6, 6.07) is 21.7. The molecule has 2 aromatic heterocycles. The molecule has 3 heterocycles. The van der Waals surface area contributed by atoms with Gasteiger partial charge in [0.15, 0.2) is 11.3 Å². The molecule has 0 radical (unpaired) electrons. The van der Waals surface area contributed by atoms with Crippen molar-refractivity contribution in [1.82, 2.24) is 14.5 Å². The smallest absolute Gasteiger partial charge is 0.335 e. The van der Waals surface area contributed by atoms with E-state index in [2.05, 4.69) is 4.98 Å². The number of anilines is 1. The summed E-state index contributed by atoms with van der Waals surface area (Å²) in [5, 5.41) is 20.2. The molecule has 1 atom stereocenters. The van der Waals surface area contributed by atoms with Gasteiger partial charge in [-0.15, -0.1) is 0 Å². The summed E-state index contributed by atoms with van der Waals surface area (Å²) in [6.07, 6.45) is 0.550. The van der Waals surface area contributed by atoms with E-state index in [1.807, 2.05) is 53.4 Å². The second-order valence-corrected chi connectivity index (χ2v) is 8.94. The lowest BCUT2D eigenvalue weighted by molar-refractivity contribution is 0.0696. The minimum Gasteiger partial charge on any atom is -0.501 e. The number of aromatic nitrogens is 3. The van der Waals surface area contributed by atoms with Gasteiger partial charge in [-0.1, -0.05) is 48.5 Å².